The molecule has 2 aromatic carbocycles. The number of hydrogen-bond donors (Lipinski definition) is 1. The van der Waals surface area contributed by atoms with Crippen molar-refractivity contribution in [2.24, 2.45) is 0 Å². The molecule has 0 atom stereocenters. The minimum Gasteiger partial charge on any atom is -0.325 e. The molecular formula is C23H27N3O3S. The molecule has 1 aliphatic carbocycles. The lowest BCUT2D eigenvalue weighted by atomic mass is 10.1. The van der Waals surface area contributed by atoms with Crippen LogP contribution in [0.1, 0.15) is 23.1 Å². The van der Waals surface area contributed by atoms with Gasteiger partial charge in [0, 0.05) is 37.3 Å². The Balaban J connectivity index is 1.27. The van der Waals surface area contributed by atoms with E-state index in [4.69, 9.17) is 0 Å². The van der Waals surface area contributed by atoms with E-state index in [1.54, 1.807) is 6.08 Å². The first kappa shape index (κ1) is 20.8. The number of hydrogen-bond acceptors (Lipinski definition) is 4. The van der Waals surface area contributed by atoms with Crippen LogP contribution in [0.2, 0.25) is 0 Å². The predicted molar refractivity (Wildman–Crippen MR) is 120 cm³/mol. The molecule has 158 valence electrons. The summed E-state index contributed by atoms with van der Waals surface area (Å²) >= 11 is 0. The van der Waals surface area contributed by atoms with Gasteiger partial charge in [-0.3, -0.25) is 9.69 Å². The third kappa shape index (κ3) is 5.16. The number of benzene rings is 2. The van der Waals surface area contributed by atoms with E-state index in [1.165, 1.54) is 27.3 Å². The molecule has 0 saturated carbocycles. The van der Waals surface area contributed by atoms with Gasteiger partial charge in [-0.05, 0) is 54.2 Å². The molecule has 4 rings (SSSR count). The summed E-state index contributed by atoms with van der Waals surface area (Å²) < 4.78 is 26.6. The van der Waals surface area contributed by atoms with Gasteiger partial charge in [0.1, 0.15) is 0 Å². The molecule has 2 aromatic rings. The zero-order valence-corrected chi connectivity index (χ0v) is 17.8. The second kappa shape index (κ2) is 9.12. The standard InChI is InChI=1S/C23H27N3O3S/c27-23(24-22-10-9-20-7-4-8-21(20)17-22)18-25-12-14-26(15-13-25)30(28,29)16-11-19-5-2-1-3-6-19/h1-3,5-6,9-11,16-17H,4,7-8,12-15,18H2,(H,24,27)/b16-11+. The molecule has 1 heterocycles. The van der Waals surface area contributed by atoms with Crippen molar-refractivity contribution in [1.29, 1.82) is 0 Å². The zero-order chi connectivity index (χ0) is 21.0. The summed E-state index contributed by atoms with van der Waals surface area (Å²) in [5.74, 6) is -0.0618. The maximum atomic E-state index is 12.6. The van der Waals surface area contributed by atoms with Gasteiger partial charge in [-0.2, -0.15) is 4.31 Å². The van der Waals surface area contributed by atoms with Gasteiger partial charge >= 0.3 is 0 Å². The number of rotatable bonds is 6. The highest BCUT2D eigenvalue weighted by atomic mass is 32.2. The van der Waals surface area contributed by atoms with Crippen LogP contribution in [0, 0.1) is 0 Å². The number of piperazine rings is 1. The molecule has 30 heavy (non-hydrogen) atoms. The largest absolute Gasteiger partial charge is 0.325 e. The number of sulfonamides is 1. The van der Waals surface area contributed by atoms with Gasteiger partial charge in [0.25, 0.3) is 0 Å². The van der Waals surface area contributed by atoms with E-state index < -0.39 is 10.0 Å². The molecule has 1 N–H and O–H groups in total. The minimum absolute atomic E-state index is 0.0618. The Morgan fingerprint density at radius 2 is 1.70 bits per heavy atom. The van der Waals surface area contributed by atoms with Crippen LogP contribution in [0.15, 0.2) is 53.9 Å². The number of nitrogens with zero attached hydrogens (tertiary/aromatic N) is 2. The van der Waals surface area contributed by atoms with E-state index in [0.29, 0.717) is 26.2 Å². The van der Waals surface area contributed by atoms with Gasteiger partial charge in [0.2, 0.25) is 15.9 Å². The smallest absolute Gasteiger partial charge is 0.238 e. The van der Waals surface area contributed by atoms with Crippen LogP contribution in [-0.2, 0) is 27.7 Å². The molecule has 2 aliphatic rings. The van der Waals surface area contributed by atoms with Crippen molar-refractivity contribution in [2.75, 3.05) is 38.0 Å². The van der Waals surface area contributed by atoms with Crippen molar-refractivity contribution in [3.05, 3.63) is 70.6 Å². The lowest BCUT2D eigenvalue weighted by molar-refractivity contribution is -0.117. The summed E-state index contributed by atoms with van der Waals surface area (Å²) in [6, 6.07) is 15.5. The van der Waals surface area contributed by atoms with Crippen LogP contribution < -0.4 is 5.32 Å². The summed E-state index contributed by atoms with van der Waals surface area (Å²) in [7, 11) is -3.46. The molecule has 7 heteroatoms. The topological polar surface area (TPSA) is 69.7 Å². The van der Waals surface area contributed by atoms with Crippen LogP contribution in [0.4, 0.5) is 5.69 Å². The Morgan fingerprint density at radius 1 is 0.967 bits per heavy atom. The normalized spacial score (nSPS) is 17.9. The van der Waals surface area contributed by atoms with Crippen molar-refractivity contribution in [3.63, 3.8) is 0 Å². The molecule has 1 amide bonds. The molecule has 0 bridgehead atoms. The number of aryl methyl sites for hydroxylation is 2. The number of nitrogens with one attached hydrogen (secondary N) is 1. The van der Waals surface area contributed by atoms with Gasteiger partial charge in [-0.25, -0.2) is 8.42 Å². The Kier molecular flexibility index (Phi) is 6.32. The number of anilines is 1. The Labute approximate surface area is 178 Å². The van der Waals surface area contributed by atoms with Gasteiger partial charge in [-0.1, -0.05) is 36.4 Å². The first-order valence-electron chi connectivity index (χ1n) is 10.4. The summed E-state index contributed by atoms with van der Waals surface area (Å²) in [4.78, 5) is 14.4. The molecule has 1 fully saturated rings. The maximum absolute atomic E-state index is 12.6. The number of fused-ring (bicyclic) bond motifs is 1. The fourth-order valence-corrected chi connectivity index (χ4v) is 5.18. The van der Waals surface area contributed by atoms with Gasteiger partial charge < -0.3 is 5.32 Å². The van der Waals surface area contributed by atoms with Gasteiger partial charge in [-0.15, -0.1) is 0 Å². The fourth-order valence-electron chi connectivity index (χ4n) is 4.01. The first-order chi connectivity index (χ1) is 14.5. The van der Waals surface area contributed by atoms with Crippen LogP contribution >= 0.6 is 0 Å². The summed E-state index contributed by atoms with van der Waals surface area (Å²) in [5.41, 5.74) is 4.40. The van der Waals surface area contributed by atoms with Crippen molar-refractivity contribution in [2.45, 2.75) is 19.3 Å². The third-order valence-corrected chi connectivity index (χ3v) is 7.24. The Hall–Kier alpha value is -2.48. The molecular weight excluding hydrogens is 398 g/mol. The summed E-state index contributed by atoms with van der Waals surface area (Å²) in [6.07, 6.45) is 5.00. The van der Waals surface area contributed by atoms with Crippen LogP contribution in [0.3, 0.4) is 0 Å². The van der Waals surface area contributed by atoms with Crippen molar-refractivity contribution in [3.8, 4) is 0 Å². The summed E-state index contributed by atoms with van der Waals surface area (Å²) in [6.45, 7) is 2.11. The highest BCUT2D eigenvalue weighted by molar-refractivity contribution is 7.92. The minimum atomic E-state index is -3.46. The molecule has 0 radical (unpaired) electrons. The number of amides is 1. The average Bonchev–Trinajstić information content (AvgIpc) is 3.21. The van der Waals surface area contributed by atoms with E-state index in [2.05, 4.69) is 17.4 Å². The van der Waals surface area contributed by atoms with E-state index in [0.717, 1.165) is 24.1 Å². The Morgan fingerprint density at radius 3 is 2.47 bits per heavy atom. The van der Waals surface area contributed by atoms with E-state index in [1.807, 2.05) is 41.3 Å². The number of carbonyl (C=O) groups excluding carboxylic acids is 1. The zero-order valence-electron chi connectivity index (χ0n) is 17.0. The highest BCUT2D eigenvalue weighted by Crippen LogP contribution is 2.24. The fraction of sp³-hybridized carbons (Fsp3) is 0.348. The van der Waals surface area contributed by atoms with E-state index in [-0.39, 0.29) is 12.5 Å². The quantitative estimate of drug-likeness (QED) is 0.773. The maximum Gasteiger partial charge on any atom is 0.238 e. The van der Waals surface area contributed by atoms with Crippen molar-refractivity contribution < 1.29 is 13.2 Å². The van der Waals surface area contributed by atoms with Crippen LogP contribution in [0.5, 0.6) is 0 Å². The molecule has 1 aliphatic heterocycles. The molecule has 0 unspecified atom stereocenters. The SMILES string of the molecule is O=C(CN1CCN(S(=O)(=O)/C=C/c2ccccc2)CC1)Nc1ccc2c(c1)CCC2. The van der Waals surface area contributed by atoms with Crippen LogP contribution in [-0.4, -0.2) is 56.3 Å². The van der Waals surface area contributed by atoms with Crippen LogP contribution in [0.25, 0.3) is 6.08 Å². The second-order valence-electron chi connectivity index (χ2n) is 7.82. The third-order valence-electron chi connectivity index (χ3n) is 5.67. The molecule has 0 spiro atoms. The monoisotopic (exact) mass is 425 g/mol. The van der Waals surface area contributed by atoms with E-state index >= 15 is 0 Å². The molecule has 1 saturated heterocycles. The lowest BCUT2D eigenvalue weighted by Gasteiger charge is -2.32. The van der Waals surface area contributed by atoms with Gasteiger partial charge in [0.15, 0.2) is 0 Å². The highest BCUT2D eigenvalue weighted by Gasteiger charge is 2.26. The molecule has 6 nitrogen and oxygen atoms in total. The second-order valence-corrected chi connectivity index (χ2v) is 9.64. The average molecular weight is 426 g/mol. The number of carbonyl (C=O) groups is 1. The van der Waals surface area contributed by atoms with Gasteiger partial charge in [0.05, 0.1) is 6.54 Å². The summed E-state index contributed by atoms with van der Waals surface area (Å²) in [5, 5.41) is 4.24. The van der Waals surface area contributed by atoms with Crippen molar-refractivity contribution >= 4 is 27.7 Å². The molecule has 0 aromatic heterocycles. The Bertz CT molecular complexity index is 1030. The lowest BCUT2D eigenvalue weighted by Crippen LogP contribution is -2.49. The first-order valence-corrected chi connectivity index (χ1v) is 11.9. The van der Waals surface area contributed by atoms with E-state index in [9.17, 15) is 13.2 Å². The van der Waals surface area contributed by atoms with Crippen molar-refractivity contribution in [1.82, 2.24) is 9.21 Å². The predicted octanol–water partition coefficient (Wildman–Crippen LogP) is 2.73.